The molecule has 1 aliphatic carbocycles. The average molecular weight is 505 g/mol. The van der Waals surface area contributed by atoms with Gasteiger partial charge in [0, 0.05) is 54.2 Å². The fourth-order valence-corrected chi connectivity index (χ4v) is 6.07. The fourth-order valence-electron chi connectivity index (χ4n) is 5.94. The third-order valence-electron chi connectivity index (χ3n) is 7.22. The topological polar surface area (TPSA) is 78.1 Å². The van der Waals surface area contributed by atoms with Crippen LogP contribution in [0.1, 0.15) is 67.9 Å². The maximum atomic E-state index is 13.5. The molecule has 2 N–H and O–H groups in total. The zero-order valence-electron chi connectivity index (χ0n) is 21.3. The van der Waals surface area contributed by atoms with Gasteiger partial charge < -0.3 is 10.2 Å². The van der Waals surface area contributed by atoms with Crippen molar-refractivity contribution in [1.29, 1.82) is 0 Å². The molecule has 0 unspecified atom stereocenters. The van der Waals surface area contributed by atoms with E-state index in [2.05, 4.69) is 47.3 Å². The van der Waals surface area contributed by atoms with Crippen molar-refractivity contribution >= 4 is 29.0 Å². The Labute approximate surface area is 217 Å². The number of halogens is 1. The van der Waals surface area contributed by atoms with E-state index in [0.29, 0.717) is 17.0 Å². The number of nitrogens with one attached hydrogen (secondary N) is 2. The highest BCUT2D eigenvalue weighted by Crippen LogP contribution is 2.53. The molecule has 0 radical (unpaired) electrons. The van der Waals surface area contributed by atoms with E-state index in [1.54, 1.807) is 13.1 Å². The Bertz CT molecular complexity index is 1280. The number of benzene rings is 2. The van der Waals surface area contributed by atoms with E-state index in [1.807, 2.05) is 36.4 Å². The first kappa shape index (κ1) is 24.6. The summed E-state index contributed by atoms with van der Waals surface area (Å²) < 4.78 is 0. The van der Waals surface area contributed by atoms with Gasteiger partial charge in [-0.3, -0.25) is 14.7 Å². The molecule has 0 saturated heterocycles. The highest BCUT2D eigenvalue weighted by molar-refractivity contribution is 6.30. The quantitative estimate of drug-likeness (QED) is 0.417. The molecular weight excluding hydrogens is 472 g/mol. The number of amides is 1. The minimum absolute atomic E-state index is 0.0000579. The van der Waals surface area contributed by atoms with Crippen LogP contribution < -0.4 is 10.2 Å². The van der Waals surface area contributed by atoms with Crippen molar-refractivity contribution in [1.82, 2.24) is 15.5 Å². The largest absolute Gasteiger partial charge is 0.365 e. The Kier molecular flexibility index (Phi) is 6.41. The van der Waals surface area contributed by atoms with Crippen molar-refractivity contribution in [3.63, 3.8) is 0 Å². The van der Waals surface area contributed by atoms with E-state index >= 15 is 0 Å². The van der Waals surface area contributed by atoms with Crippen LogP contribution in [0.2, 0.25) is 5.02 Å². The van der Waals surface area contributed by atoms with E-state index in [0.717, 1.165) is 41.9 Å². The summed E-state index contributed by atoms with van der Waals surface area (Å²) in [6, 6.07) is 13.7. The first-order valence-corrected chi connectivity index (χ1v) is 13.0. The van der Waals surface area contributed by atoms with Gasteiger partial charge in [-0.1, -0.05) is 44.5 Å². The second-order valence-electron chi connectivity index (χ2n) is 11.3. The van der Waals surface area contributed by atoms with Crippen molar-refractivity contribution in [2.24, 2.45) is 5.41 Å². The van der Waals surface area contributed by atoms with Crippen molar-refractivity contribution < 1.29 is 9.59 Å². The summed E-state index contributed by atoms with van der Waals surface area (Å²) >= 11 is 6.04. The van der Waals surface area contributed by atoms with Gasteiger partial charge in [-0.2, -0.15) is 5.10 Å². The van der Waals surface area contributed by atoms with Gasteiger partial charge in [-0.15, -0.1) is 0 Å². The number of hydrogen-bond donors (Lipinski definition) is 2. The maximum Gasteiger partial charge on any atom is 0.217 e. The van der Waals surface area contributed by atoms with Gasteiger partial charge in [0.15, 0.2) is 5.78 Å². The Morgan fingerprint density at radius 3 is 2.53 bits per heavy atom. The molecule has 1 amide bonds. The summed E-state index contributed by atoms with van der Waals surface area (Å²) in [4.78, 5) is 28.0. The number of Topliss-reactive ketones (excluding diaryl/α,β-unsaturated/α-hetero) is 1. The highest BCUT2D eigenvalue weighted by atomic mass is 35.5. The lowest BCUT2D eigenvalue weighted by atomic mass is 9.90. The molecule has 3 atom stereocenters. The Morgan fingerprint density at radius 1 is 1.14 bits per heavy atom. The lowest BCUT2D eigenvalue weighted by Gasteiger charge is -2.37. The van der Waals surface area contributed by atoms with Crippen molar-refractivity contribution in [3.05, 3.63) is 70.4 Å². The summed E-state index contributed by atoms with van der Waals surface area (Å²) in [6.07, 6.45) is 3.96. The van der Waals surface area contributed by atoms with Crippen LogP contribution in [0.4, 0.5) is 5.69 Å². The molecule has 1 saturated carbocycles. The first-order valence-electron chi connectivity index (χ1n) is 12.6. The summed E-state index contributed by atoms with van der Waals surface area (Å²) in [5.74, 6) is 0.326. The van der Waals surface area contributed by atoms with Crippen LogP contribution in [-0.2, 0) is 11.2 Å². The van der Waals surface area contributed by atoms with E-state index < -0.39 is 0 Å². The second kappa shape index (κ2) is 9.40. The second-order valence-corrected chi connectivity index (χ2v) is 11.8. The molecule has 36 heavy (non-hydrogen) atoms. The Balaban J connectivity index is 1.61. The van der Waals surface area contributed by atoms with Gasteiger partial charge in [0.25, 0.3) is 0 Å². The molecule has 5 rings (SSSR count). The fraction of sp³-hybridized carbons (Fsp3) is 0.414. The minimum atomic E-state index is -0.0000579. The van der Waals surface area contributed by atoms with Crippen molar-refractivity contribution in [2.45, 2.75) is 65.0 Å². The van der Waals surface area contributed by atoms with Crippen LogP contribution in [0.5, 0.6) is 0 Å². The summed E-state index contributed by atoms with van der Waals surface area (Å²) in [5.41, 5.74) is 5.92. The molecule has 1 aliphatic heterocycles. The van der Waals surface area contributed by atoms with Gasteiger partial charge in [0.1, 0.15) is 0 Å². The molecule has 1 fully saturated rings. The Morgan fingerprint density at radius 2 is 1.89 bits per heavy atom. The predicted molar refractivity (Wildman–Crippen MR) is 144 cm³/mol. The van der Waals surface area contributed by atoms with Crippen LogP contribution >= 0.6 is 11.6 Å². The van der Waals surface area contributed by atoms with Crippen LogP contribution in [0.15, 0.2) is 48.7 Å². The molecule has 188 valence electrons. The average Bonchev–Trinajstić information content (AvgIpc) is 3.53. The van der Waals surface area contributed by atoms with Crippen LogP contribution in [0.3, 0.4) is 0 Å². The number of fused-ring (bicyclic) bond motifs is 3. The maximum absolute atomic E-state index is 13.5. The molecule has 3 aromatic rings. The van der Waals surface area contributed by atoms with Crippen LogP contribution in [-0.4, -0.2) is 40.5 Å². The molecular formula is C29H33ClN4O2. The molecule has 6 nitrogen and oxygen atoms in total. The van der Waals surface area contributed by atoms with Crippen molar-refractivity contribution in [3.8, 4) is 11.3 Å². The molecule has 0 spiro atoms. The zero-order valence-corrected chi connectivity index (χ0v) is 22.0. The molecule has 2 aliphatic rings. The Hall–Kier alpha value is -3.12. The smallest absolute Gasteiger partial charge is 0.217 e. The lowest BCUT2D eigenvalue weighted by Crippen LogP contribution is -2.50. The molecule has 0 bridgehead atoms. The number of nitrogens with zero attached hydrogens (tertiary/aromatic N) is 2. The third-order valence-corrected chi connectivity index (χ3v) is 7.48. The minimum Gasteiger partial charge on any atom is -0.365 e. The van der Waals surface area contributed by atoms with E-state index in [-0.39, 0.29) is 35.1 Å². The number of carbonyl (C=O) groups is 2. The van der Waals surface area contributed by atoms with Crippen LogP contribution in [0, 0.1) is 5.41 Å². The summed E-state index contributed by atoms with van der Waals surface area (Å²) in [5, 5.41) is 11.2. The predicted octanol–water partition coefficient (Wildman–Crippen LogP) is 5.77. The van der Waals surface area contributed by atoms with Gasteiger partial charge in [0.2, 0.25) is 5.91 Å². The van der Waals surface area contributed by atoms with Gasteiger partial charge in [0.05, 0.1) is 17.4 Å². The van der Waals surface area contributed by atoms with Crippen LogP contribution in [0.25, 0.3) is 11.3 Å². The number of aromatic amines is 1. The van der Waals surface area contributed by atoms with Crippen molar-refractivity contribution in [2.75, 3.05) is 11.4 Å². The van der Waals surface area contributed by atoms with Gasteiger partial charge in [-0.05, 0) is 59.7 Å². The number of ketones is 1. The van der Waals surface area contributed by atoms with E-state index in [9.17, 15) is 9.59 Å². The number of rotatable bonds is 6. The monoisotopic (exact) mass is 504 g/mol. The number of aromatic nitrogens is 2. The standard InChI is InChI=1S/C29H33ClN4O2/c1-17(35)32-25-10-9-21-22-14-19(26(36)13-18-5-7-20(30)8-6-18)15-23(24-11-12-31-33-24)27(22)34(28(21)25)16-29(2,3)4/h5-8,11-12,14-15,21,25,28H,9-10,13,16H2,1-4H3,(H,31,33)(H,32,35)/t21-,25+,28+/m1/s1. The molecule has 1 aromatic heterocycles. The molecule has 2 aromatic carbocycles. The van der Waals surface area contributed by atoms with E-state index in [1.165, 1.54) is 5.56 Å². The van der Waals surface area contributed by atoms with Gasteiger partial charge >= 0.3 is 0 Å². The number of carbonyl (C=O) groups excluding carboxylic acids is 2. The highest BCUT2D eigenvalue weighted by Gasteiger charge is 2.49. The molecule has 7 heteroatoms. The normalized spacial score (nSPS) is 20.8. The SMILES string of the molecule is CC(=O)N[C@H]1CC[C@@H]2c3cc(C(=O)Cc4ccc(Cl)cc4)cc(-c4ccn[nH]4)c3N(CC(C)(C)C)[C@H]12. The lowest BCUT2D eigenvalue weighted by molar-refractivity contribution is -0.119. The zero-order chi connectivity index (χ0) is 25.6. The number of anilines is 1. The third kappa shape index (κ3) is 4.79. The number of hydrogen-bond acceptors (Lipinski definition) is 4. The summed E-state index contributed by atoms with van der Waals surface area (Å²) in [6.45, 7) is 9.15. The first-order chi connectivity index (χ1) is 17.1. The summed E-state index contributed by atoms with van der Waals surface area (Å²) in [7, 11) is 0. The number of H-pyrrole nitrogens is 1. The van der Waals surface area contributed by atoms with Gasteiger partial charge in [-0.25, -0.2) is 0 Å². The molecule has 2 heterocycles. The van der Waals surface area contributed by atoms with E-state index in [4.69, 9.17) is 11.6 Å².